The van der Waals surface area contributed by atoms with Crippen LogP contribution in [0, 0.1) is 13.8 Å². The third-order valence-electron chi connectivity index (χ3n) is 3.73. The fourth-order valence-corrected chi connectivity index (χ4v) is 2.29. The molecule has 2 rings (SSSR count). The van der Waals surface area contributed by atoms with Crippen LogP contribution in [-0.4, -0.2) is 16.8 Å². The Kier molecular flexibility index (Phi) is 4.38. The molecule has 1 aromatic heterocycles. The number of rotatable bonds is 5. The Morgan fingerprint density at radius 3 is 2.63 bits per heavy atom. The van der Waals surface area contributed by atoms with Gasteiger partial charge in [0.25, 0.3) is 0 Å². The van der Waals surface area contributed by atoms with Gasteiger partial charge in [-0.2, -0.15) is 5.10 Å². The third-order valence-corrected chi connectivity index (χ3v) is 3.73. The molecule has 0 aliphatic rings. The van der Waals surface area contributed by atoms with Gasteiger partial charge in [0.15, 0.2) is 0 Å². The predicted molar refractivity (Wildman–Crippen MR) is 79.3 cm³/mol. The molecule has 1 aromatic carbocycles. The lowest BCUT2D eigenvalue weighted by atomic mass is 9.97. The quantitative estimate of drug-likeness (QED) is 0.892. The summed E-state index contributed by atoms with van der Waals surface area (Å²) in [6.45, 7) is 7.35. The molecule has 3 heteroatoms. The van der Waals surface area contributed by atoms with E-state index in [9.17, 15) is 0 Å². The fourth-order valence-electron chi connectivity index (χ4n) is 2.29. The molecule has 102 valence electrons. The van der Waals surface area contributed by atoms with Crippen LogP contribution in [0.1, 0.15) is 35.2 Å². The zero-order valence-corrected chi connectivity index (χ0v) is 12.3. The van der Waals surface area contributed by atoms with Crippen molar-refractivity contribution in [2.75, 3.05) is 7.05 Å². The van der Waals surface area contributed by atoms with Crippen molar-refractivity contribution in [3.63, 3.8) is 0 Å². The molecule has 0 amide bonds. The topological polar surface area (TPSA) is 29.9 Å². The zero-order valence-electron chi connectivity index (χ0n) is 12.3. The molecule has 0 radical (unpaired) electrons. The van der Waals surface area contributed by atoms with E-state index in [1.165, 1.54) is 22.3 Å². The van der Waals surface area contributed by atoms with E-state index in [0.29, 0.717) is 6.04 Å². The highest BCUT2D eigenvalue weighted by Crippen LogP contribution is 2.20. The van der Waals surface area contributed by atoms with Crippen LogP contribution in [0.4, 0.5) is 0 Å². The van der Waals surface area contributed by atoms with Crippen molar-refractivity contribution >= 4 is 0 Å². The Hall–Kier alpha value is -1.61. The number of nitrogens with zero attached hydrogens (tertiary/aromatic N) is 2. The van der Waals surface area contributed by atoms with Gasteiger partial charge in [-0.15, -0.1) is 0 Å². The molecule has 1 heterocycles. The number of hydrogen-bond donors (Lipinski definition) is 1. The van der Waals surface area contributed by atoms with Gasteiger partial charge in [-0.3, -0.25) is 4.68 Å². The average molecular weight is 257 g/mol. The molecule has 1 atom stereocenters. The molecule has 0 aliphatic heterocycles. The van der Waals surface area contributed by atoms with Crippen molar-refractivity contribution in [1.29, 1.82) is 0 Å². The van der Waals surface area contributed by atoms with Crippen molar-refractivity contribution in [2.45, 2.75) is 39.8 Å². The van der Waals surface area contributed by atoms with E-state index in [1.54, 1.807) is 0 Å². The maximum atomic E-state index is 4.34. The van der Waals surface area contributed by atoms with Gasteiger partial charge < -0.3 is 5.32 Å². The Morgan fingerprint density at radius 2 is 2.05 bits per heavy atom. The Morgan fingerprint density at radius 1 is 1.26 bits per heavy atom. The minimum atomic E-state index is 0.341. The summed E-state index contributed by atoms with van der Waals surface area (Å²) in [5.74, 6) is 0. The summed E-state index contributed by atoms with van der Waals surface area (Å²) in [7, 11) is 2.02. The van der Waals surface area contributed by atoms with Crippen molar-refractivity contribution in [3.05, 3.63) is 52.8 Å². The number of aryl methyl sites for hydroxylation is 3. The number of aromatic nitrogens is 2. The summed E-state index contributed by atoms with van der Waals surface area (Å²) in [5.41, 5.74) is 5.31. The van der Waals surface area contributed by atoms with Crippen molar-refractivity contribution < 1.29 is 0 Å². The highest BCUT2D eigenvalue weighted by atomic mass is 15.3. The summed E-state index contributed by atoms with van der Waals surface area (Å²) in [5, 5.41) is 7.74. The molecular formula is C16H23N3. The summed E-state index contributed by atoms with van der Waals surface area (Å²) < 4.78 is 1.97. The van der Waals surface area contributed by atoms with Crippen molar-refractivity contribution in [1.82, 2.24) is 15.1 Å². The largest absolute Gasteiger partial charge is 0.313 e. The maximum Gasteiger partial charge on any atom is 0.0522 e. The molecule has 1 unspecified atom stereocenters. The SMILES string of the molecule is CCn1cc(CC(NC)c2ccc(C)c(C)c2)cn1. The summed E-state index contributed by atoms with van der Waals surface area (Å²) in [6.07, 6.45) is 5.07. The van der Waals surface area contributed by atoms with Gasteiger partial charge >= 0.3 is 0 Å². The van der Waals surface area contributed by atoms with Crippen LogP contribution in [0.15, 0.2) is 30.6 Å². The second kappa shape index (κ2) is 6.02. The first-order valence-electron chi connectivity index (χ1n) is 6.89. The van der Waals surface area contributed by atoms with E-state index in [4.69, 9.17) is 0 Å². The molecule has 0 saturated carbocycles. The molecular weight excluding hydrogens is 234 g/mol. The first kappa shape index (κ1) is 13.8. The minimum absolute atomic E-state index is 0.341. The normalized spacial score (nSPS) is 12.6. The average Bonchev–Trinajstić information content (AvgIpc) is 2.87. The fraction of sp³-hybridized carbons (Fsp3) is 0.438. The van der Waals surface area contributed by atoms with Crippen LogP contribution in [0.25, 0.3) is 0 Å². The van der Waals surface area contributed by atoms with E-state index in [1.807, 2.05) is 17.9 Å². The van der Waals surface area contributed by atoms with E-state index >= 15 is 0 Å². The van der Waals surface area contributed by atoms with Gasteiger partial charge in [0.1, 0.15) is 0 Å². The van der Waals surface area contributed by atoms with Crippen LogP contribution < -0.4 is 5.32 Å². The number of likely N-dealkylation sites (N-methyl/N-ethyl adjacent to an activating group) is 1. The van der Waals surface area contributed by atoms with E-state index in [0.717, 1.165) is 13.0 Å². The highest BCUT2D eigenvalue weighted by Gasteiger charge is 2.12. The highest BCUT2D eigenvalue weighted by molar-refractivity contribution is 5.32. The van der Waals surface area contributed by atoms with Crippen LogP contribution in [0.3, 0.4) is 0 Å². The van der Waals surface area contributed by atoms with E-state index in [-0.39, 0.29) is 0 Å². The Balaban J connectivity index is 2.17. The molecule has 19 heavy (non-hydrogen) atoms. The number of benzene rings is 1. The van der Waals surface area contributed by atoms with E-state index in [2.05, 4.69) is 55.6 Å². The van der Waals surface area contributed by atoms with Crippen molar-refractivity contribution in [3.8, 4) is 0 Å². The van der Waals surface area contributed by atoms with Gasteiger partial charge in [0, 0.05) is 18.8 Å². The van der Waals surface area contributed by atoms with Crippen molar-refractivity contribution in [2.24, 2.45) is 0 Å². The Labute approximate surface area is 115 Å². The summed E-state index contributed by atoms with van der Waals surface area (Å²) in [4.78, 5) is 0. The van der Waals surface area contributed by atoms with Crippen LogP contribution in [-0.2, 0) is 13.0 Å². The molecule has 3 nitrogen and oxygen atoms in total. The zero-order chi connectivity index (χ0) is 13.8. The van der Waals surface area contributed by atoms with Gasteiger partial charge in [0.05, 0.1) is 6.20 Å². The van der Waals surface area contributed by atoms with Gasteiger partial charge in [-0.25, -0.2) is 0 Å². The van der Waals surface area contributed by atoms with Gasteiger partial charge in [-0.1, -0.05) is 18.2 Å². The molecule has 0 bridgehead atoms. The summed E-state index contributed by atoms with van der Waals surface area (Å²) >= 11 is 0. The Bertz CT molecular complexity index is 543. The number of hydrogen-bond acceptors (Lipinski definition) is 2. The predicted octanol–water partition coefficient (Wildman–Crippen LogP) is 3.02. The first-order valence-corrected chi connectivity index (χ1v) is 6.89. The lowest BCUT2D eigenvalue weighted by Gasteiger charge is -2.17. The summed E-state index contributed by atoms with van der Waals surface area (Å²) in [6, 6.07) is 7.03. The molecule has 0 spiro atoms. The van der Waals surface area contributed by atoms with Crippen LogP contribution in [0.2, 0.25) is 0 Å². The molecule has 0 saturated heterocycles. The molecule has 1 N–H and O–H groups in total. The van der Waals surface area contributed by atoms with Gasteiger partial charge in [0.2, 0.25) is 0 Å². The standard InChI is InChI=1S/C16H23N3/c1-5-19-11-14(10-18-19)9-16(17-4)15-7-6-12(2)13(3)8-15/h6-8,10-11,16-17H,5,9H2,1-4H3. The maximum absolute atomic E-state index is 4.34. The van der Waals surface area contributed by atoms with Gasteiger partial charge in [-0.05, 0) is 56.5 Å². The molecule has 0 fully saturated rings. The van der Waals surface area contributed by atoms with Crippen LogP contribution >= 0.6 is 0 Å². The second-order valence-corrected chi connectivity index (χ2v) is 5.09. The molecule has 2 aromatic rings. The lowest BCUT2D eigenvalue weighted by Crippen LogP contribution is -2.18. The second-order valence-electron chi connectivity index (χ2n) is 5.09. The molecule has 0 aliphatic carbocycles. The minimum Gasteiger partial charge on any atom is -0.313 e. The van der Waals surface area contributed by atoms with E-state index < -0.39 is 0 Å². The smallest absolute Gasteiger partial charge is 0.0522 e. The van der Waals surface area contributed by atoms with Crippen LogP contribution in [0.5, 0.6) is 0 Å². The monoisotopic (exact) mass is 257 g/mol. The number of nitrogens with one attached hydrogen (secondary N) is 1. The lowest BCUT2D eigenvalue weighted by molar-refractivity contribution is 0.590. The third kappa shape index (κ3) is 3.24. The first-order chi connectivity index (χ1) is 9.13.